The summed E-state index contributed by atoms with van der Waals surface area (Å²) in [5.74, 6) is -1.86. The molecule has 2 rings (SSSR count). The molecular formula is C15H18F2N2O. The smallest absolute Gasteiger partial charge is 0.249 e. The van der Waals surface area contributed by atoms with E-state index in [0.717, 1.165) is 36.4 Å². The van der Waals surface area contributed by atoms with Crippen LogP contribution in [-0.4, -0.2) is 30.9 Å². The topological polar surface area (TPSA) is 32.3 Å². The Morgan fingerprint density at radius 3 is 2.45 bits per heavy atom. The Morgan fingerprint density at radius 1 is 1.30 bits per heavy atom. The fraction of sp³-hybridized carbons (Fsp3) is 0.400. The van der Waals surface area contributed by atoms with Gasteiger partial charge in [-0.15, -0.1) is 0 Å². The average molecular weight is 280 g/mol. The van der Waals surface area contributed by atoms with Gasteiger partial charge in [-0.1, -0.05) is 6.07 Å². The number of hydrogen-bond acceptors (Lipinski definition) is 2. The van der Waals surface area contributed by atoms with Gasteiger partial charge in [0.15, 0.2) is 11.6 Å². The third-order valence-electron chi connectivity index (χ3n) is 3.86. The SMILES string of the molecule is CC(C(=O)N(C)C(C)c1ccc(F)c(F)c1)=C1CNC1. The Bertz CT molecular complexity index is 563. The standard InChI is InChI=1S/C15H18F2N2O/c1-9(12-7-18-8-12)15(20)19(3)10(2)11-4-5-13(16)14(17)6-11/h4-6,10,18H,7-8H2,1-3H3. The predicted octanol–water partition coefficient (Wildman–Crippen LogP) is 2.40. The van der Waals surface area contributed by atoms with Crippen molar-refractivity contribution in [3.8, 4) is 0 Å². The van der Waals surface area contributed by atoms with E-state index in [4.69, 9.17) is 0 Å². The van der Waals surface area contributed by atoms with Crippen molar-refractivity contribution in [3.63, 3.8) is 0 Å². The van der Waals surface area contributed by atoms with E-state index in [-0.39, 0.29) is 11.9 Å². The van der Waals surface area contributed by atoms with Gasteiger partial charge in [0.05, 0.1) is 6.04 Å². The van der Waals surface area contributed by atoms with Crippen molar-refractivity contribution in [2.45, 2.75) is 19.9 Å². The molecule has 0 radical (unpaired) electrons. The first-order valence-electron chi connectivity index (χ1n) is 6.53. The van der Waals surface area contributed by atoms with E-state index >= 15 is 0 Å². The summed E-state index contributed by atoms with van der Waals surface area (Å²) in [6.07, 6.45) is 0. The summed E-state index contributed by atoms with van der Waals surface area (Å²) in [5, 5.41) is 3.09. The molecule has 1 aliphatic heterocycles. The van der Waals surface area contributed by atoms with Gasteiger partial charge in [-0.05, 0) is 37.1 Å². The Kier molecular flexibility index (Phi) is 4.18. The van der Waals surface area contributed by atoms with Gasteiger partial charge in [-0.25, -0.2) is 8.78 Å². The van der Waals surface area contributed by atoms with Crippen LogP contribution in [0, 0.1) is 11.6 Å². The zero-order chi connectivity index (χ0) is 14.9. The van der Waals surface area contributed by atoms with Gasteiger partial charge in [0, 0.05) is 25.7 Å². The van der Waals surface area contributed by atoms with E-state index in [2.05, 4.69) is 5.32 Å². The fourth-order valence-electron chi connectivity index (χ4n) is 2.10. The number of carbonyl (C=O) groups excluding carboxylic acids is 1. The molecule has 0 aliphatic carbocycles. The van der Waals surface area contributed by atoms with Crippen LogP contribution in [0.25, 0.3) is 0 Å². The van der Waals surface area contributed by atoms with Crippen LogP contribution >= 0.6 is 0 Å². The van der Waals surface area contributed by atoms with Crippen LogP contribution in [0.5, 0.6) is 0 Å². The molecule has 20 heavy (non-hydrogen) atoms. The van der Waals surface area contributed by atoms with E-state index in [0.29, 0.717) is 5.56 Å². The number of carbonyl (C=O) groups is 1. The van der Waals surface area contributed by atoms with Crippen molar-refractivity contribution in [2.24, 2.45) is 0 Å². The van der Waals surface area contributed by atoms with Crippen molar-refractivity contribution >= 4 is 5.91 Å². The Hall–Kier alpha value is -1.75. The van der Waals surface area contributed by atoms with E-state index in [9.17, 15) is 13.6 Å². The summed E-state index contributed by atoms with van der Waals surface area (Å²) in [5.41, 5.74) is 2.39. The van der Waals surface area contributed by atoms with Crippen LogP contribution in [0.3, 0.4) is 0 Å². The zero-order valence-electron chi connectivity index (χ0n) is 11.8. The van der Waals surface area contributed by atoms with E-state index < -0.39 is 11.6 Å². The second-order valence-electron chi connectivity index (χ2n) is 5.10. The molecule has 1 atom stereocenters. The molecule has 0 aromatic heterocycles. The minimum absolute atomic E-state index is 0.0845. The van der Waals surface area contributed by atoms with Crippen LogP contribution in [0.1, 0.15) is 25.5 Å². The first kappa shape index (κ1) is 14.7. The van der Waals surface area contributed by atoms with Gasteiger partial charge in [-0.3, -0.25) is 4.79 Å². The number of nitrogens with one attached hydrogen (secondary N) is 1. The minimum Gasteiger partial charge on any atom is -0.335 e. The monoisotopic (exact) mass is 280 g/mol. The molecule has 108 valence electrons. The lowest BCUT2D eigenvalue weighted by atomic mass is 10.0. The van der Waals surface area contributed by atoms with E-state index in [1.165, 1.54) is 6.07 Å². The molecule has 1 aliphatic rings. The third-order valence-corrected chi connectivity index (χ3v) is 3.86. The van der Waals surface area contributed by atoms with Crippen LogP contribution in [0.15, 0.2) is 29.3 Å². The van der Waals surface area contributed by atoms with Crippen LogP contribution in [0.2, 0.25) is 0 Å². The normalized spacial score (nSPS) is 15.6. The van der Waals surface area contributed by atoms with Crippen molar-refractivity contribution in [3.05, 3.63) is 46.5 Å². The molecule has 1 aromatic rings. The highest BCUT2D eigenvalue weighted by Gasteiger charge is 2.23. The molecule has 1 unspecified atom stereocenters. The number of rotatable bonds is 3. The van der Waals surface area contributed by atoms with Gasteiger partial charge in [0.25, 0.3) is 0 Å². The van der Waals surface area contributed by atoms with Crippen molar-refractivity contribution in [2.75, 3.05) is 20.1 Å². The van der Waals surface area contributed by atoms with Gasteiger partial charge in [0.1, 0.15) is 0 Å². The number of hydrogen-bond donors (Lipinski definition) is 1. The summed E-state index contributed by atoms with van der Waals surface area (Å²) in [6.45, 7) is 5.07. The van der Waals surface area contributed by atoms with Gasteiger partial charge in [-0.2, -0.15) is 0 Å². The molecule has 0 saturated carbocycles. The molecule has 5 heteroatoms. The summed E-state index contributed by atoms with van der Waals surface area (Å²) in [7, 11) is 1.67. The maximum absolute atomic E-state index is 13.3. The highest BCUT2D eigenvalue weighted by molar-refractivity contribution is 5.94. The lowest BCUT2D eigenvalue weighted by molar-refractivity contribution is -0.127. The first-order chi connectivity index (χ1) is 9.41. The lowest BCUT2D eigenvalue weighted by Gasteiger charge is -2.28. The summed E-state index contributed by atoms with van der Waals surface area (Å²) >= 11 is 0. The van der Waals surface area contributed by atoms with Crippen molar-refractivity contribution in [1.29, 1.82) is 0 Å². The third kappa shape index (κ3) is 2.72. The summed E-state index contributed by atoms with van der Waals surface area (Å²) < 4.78 is 26.2. The van der Waals surface area contributed by atoms with Crippen molar-refractivity contribution in [1.82, 2.24) is 10.2 Å². The van der Waals surface area contributed by atoms with Crippen LogP contribution in [0.4, 0.5) is 8.78 Å². The minimum atomic E-state index is -0.895. The fourth-order valence-corrected chi connectivity index (χ4v) is 2.10. The number of benzene rings is 1. The number of amides is 1. The highest BCUT2D eigenvalue weighted by atomic mass is 19.2. The molecule has 1 amide bonds. The second kappa shape index (κ2) is 5.71. The zero-order valence-corrected chi connectivity index (χ0v) is 11.8. The van der Waals surface area contributed by atoms with Crippen LogP contribution in [-0.2, 0) is 4.79 Å². The van der Waals surface area contributed by atoms with Gasteiger partial charge >= 0.3 is 0 Å². The molecule has 1 N–H and O–H groups in total. The van der Waals surface area contributed by atoms with E-state index in [1.54, 1.807) is 25.8 Å². The average Bonchev–Trinajstić information content (AvgIpc) is 2.37. The Morgan fingerprint density at radius 2 is 1.95 bits per heavy atom. The number of halogens is 2. The molecule has 1 heterocycles. The summed E-state index contributed by atoms with van der Waals surface area (Å²) in [4.78, 5) is 13.9. The van der Waals surface area contributed by atoms with Gasteiger partial charge < -0.3 is 10.2 Å². The van der Waals surface area contributed by atoms with Gasteiger partial charge in [0.2, 0.25) is 5.91 Å². The molecule has 0 bridgehead atoms. The Labute approximate surface area is 117 Å². The van der Waals surface area contributed by atoms with Crippen molar-refractivity contribution < 1.29 is 13.6 Å². The molecule has 1 saturated heterocycles. The molecule has 3 nitrogen and oxygen atoms in total. The number of nitrogens with zero attached hydrogens (tertiary/aromatic N) is 1. The first-order valence-corrected chi connectivity index (χ1v) is 6.53. The molecule has 1 fully saturated rings. The maximum Gasteiger partial charge on any atom is 0.249 e. The lowest BCUT2D eigenvalue weighted by Crippen LogP contribution is -2.38. The largest absolute Gasteiger partial charge is 0.335 e. The second-order valence-corrected chi connectivity index (χ2v) is 5.10. The Balaban J connectivity index is 2.17. The maximum atomic E-state index is 13.3. The van der Waals surface area contributed by atoms with Crippen LogP contribution < -0.4 is 5.32 Å². The molecule has 1 aromatic carbocycles. The molecule has 0 spiro atoms. The quantitative estimate of drug-likeness (QED) is 0.862. The predicted molar refractivity (Wildman–Crippen MR) is 73.1 cm³/mol. The highest BCUT2D eigenvalue weighted by Crippen LogP contribution is 2.23. The van der Waals surface area contributed by atoms with E-state index in [1.807, 2.05) is 0 Å². The molecular weight excluding hydrogens is 262 g/mol. The summed E-state index contributed by atoms with van der Waals surface area (Å²) in [6, 6.07) is 3.40. The number of likely N-dealkylation sites (N-methyl/N-ethyl adjacent to an activating group) is 1.